The molecule has 0 unspecified atom stereocenters. The lowest BCUT2D eigenvalue weighted by Gasteiger charge is -2.25. The molecule has 28 heavy (non-hydrogen) atoms. The first-order chi connectivity index (χ1) is 12.8. The number of hydrogen-bond acceptors (Lipinski definition) is 3. The van der Waals surface area contributed by atoms with E-state index in [1.54, 1.807) is 6.26 Å². The summed E-state index contributed by atoms with van der Waals surface area (Å²) in [7, 11) is 1.87. The predicted molar refractivity (Wildman–Crippen MR) is 124 cm³/mol. The van der Waals surface area contributed by atoms with E-state index in [2.05, 4.69) is 15.6 Å². The van der Waals surface area contributed by atoms with Crippen molar-refractivity contribution < 1.29 is 9.21 Å². The topological polar surface area (TPSA) is 69.9 Å². The third-order valence-corrected chi connectivity index (χ3v) is 3.75. The number of likely N-dealkylation sites (N-methyl/N-ethyl adjacent to an activating group) is 1. The average molecular weight is 498 g/mol. The number of nitrogens with zero attached hydrogens (tertiary/aromatic N) is 2. The van der Waals surface area contributed by atoms with Gasteiger partial charge in [-0.05, 0) is 38.5 Å². The van der Waals surface area contributed by atoms with E-state index in [1.165, 1.54) is 0 Å². The van der Waals surface area contributed by atoms with E-state index in [-0.39, 0.29) is 42.0 Å². The second-order valence-corrected chi connectivity index (χ2v) is 7.54. The van der Waals surface area contributed by atoms with Crippen molar-refractivity contribution in [1.82, 2.24) is 15.5 Å². The molecule has 6 nitrogen and oxygen atoms in total. The summed E-state index contributed by atoms with van der Waals surface area (Å²) in [6, 6.07) is 13.9. The lowest BCUT2D eigenvalue weighted by molar-refractivity contribution is -0.122. The van der Waals surface area contributed by atoms with Crippen molar-refractivity contribution in [2.75, 3.05) is 20.1 Å². The molecule has 2 N–H and O–H groups in total. The summed E-state index contributed by atoms with van der Waals surface area (Å²) in [5.41, 5.74) is 0.863. The zero-order valence-corrected chi connectivity index (χ0v) is 19.4. The van der Waals surface area contributed by atoms with Gasteiger partial charge in [-0.2, -0.15) is 0 Å². The predicted octanol–water partition coefficient (Wildman–Crippen LogP) is 3.43. The minimum absolute atomic E-state index is 0. The van der Waals surface area contributed by atoms with Gasteiger partial charge in [0.2, 0.25) is 5.91 Å². The maximum Gasteiger partial charge on any atom is 0.240 e. The van der Waals surface area contributed by atoms with Gasteiger partial charge in [-0.3, -0.25) is 4.79 Å². The van der Waals surface area contributed by atoms with Crippen LogP contribution in [-0.4, -0.2) is 42.4 Å². The number of hydrogen-bond donors (Lipinski definition) is 2. The molecule has 1 amide bonds. The monoisotopic (exact) mass is 498 g/mol. The maximum atomic E-state index is 12.3. The van der Waals surface area contributed by atoms with E-state index in [1.807, 2.05) is 75.2 Å². The highest BCUT2D eigenvalue weighted by molar-refractivity contribution is 14.0. The smallest absolute Gasteiger partial charge is 0.240 e. The molecule has 154 valence electrons. The fourth-order valence-corrected chi connectivity index (χ4v) is 2.56. The standard InChI is InChI=1S/C21H30N4O2.HI/c1-21(2,3)24-19(26)16-25(4)20(22-13-12-18-11-8-14-27-18)23-15-17-9-6-5-7-10-17;/h5-11,14H,12-13,15-16H2,1-4H3,(H,22,23)(H,24,26);1H. The van der Waals surface area contributed by atoms with Gasteiger partial charge < -0.3 is 20.0 Å². The molecule has 1 aromatic carbocycles. The van der Waals surface area contributed by atoms with Crippen molar-refractivity contribution in [1.29, 1.82) is 0 Å². The third-order valence-electron chi connectivity index (χ3n) is 3.75. The van der Waals surface area contributed by atoms with E-state index in [0.717, 1.165) is 17.7 Å². The number of nitrogens with one attached hydrogen (secondary N) is 2. The van der Waals surface area contributed by atoms with Crippen LogP contribution >= 0.6 is 24.0 Å². The second-order valence-electron chi connectivity index (χ2n) is 7.54. The Bertz CT molecular complexity index is 725. The van der Waals surface area contributed by atoms with Gasteiger partial charge in [-0.15, -0.1) is 24.0 Å². The molecule has 0 spiro atoms. The maximum absolute atomic E-state index is 12.3. The van der Waals surface area contributed by atoms with Crippen LogP contribution in [0.1, 0.15) is 32.1 Å². The zero-order chi connectivity index (χ0) is 19.7. The molecular weight excluding hydrogens is 467 g/mol. The van der Waals surface area contributed by atoms with Gasteiger partial charge in [0.15, 0.2) is 5.96 Å². The fraction of sp³-hybridized carbons (Fsp3) is 0.429. The summed E-state index contributed by atoms with van der Waals surface area (Å²) in [5.74, 6) is 1.57. The van der Waals surface area contributed by atoms with Gasteiger partial charge in [0.25, 0.3) is 0 Å². The quantitative estimate of drug-likeness (QED) is 0.349. The number of guanidine groups is 1. The molecule has 1 heterocycles. The summed E-state index contributed by atoms with van der Waals surface area (Å²) in [6.07, 6.45) is 2.42. The van der Waals surface area contributed by atoms with Crippen LogP contribution in [-0.2, 0) is 17.8 Å². The second kappa shape index (κ2) is 11.7. The Labute approximate surface area is 184 Å². The van der Waals surface area contributed by atoms with Gasteiger partial charge >= 0.3 is 0 Å². The molecule has 0 aliphatic carbocycles. The fourth-order valence-electron chi connectivity index (χ4n) is 2.56. The van der Waals surface area contributed by atoms with E-state index < -0.39 is 0 Å². The Morgan fingerprint density at radius 2 is 1.86 bits per heavy atom. The number of furan rings is 1. The molecule has 0 aliphatic heterocycles. The summed E-state index contributed by atoms with van der Waals surface area (Å²) >= 11 is 0. The first-order valence-corrected chi connectivity index (χ1v) is 9.20. The highest BCUT2D eigenvalue weighted by Crippen LogP contribution is 2.03. The number of amides is 1. The van der Waals surface area contributed by atoms with Gasteiger partial charge in [0, 0.05) is 25.6 Å². The van der Waals surface area contributed by atoms with Crippen molar-refractivity contribution in [3.05, 3.63) is 60.1 Å². The Balaban J connectivity index is 0.00000392. The summed E-state index contributed by atoms with van der Waals surface area (Å²) in [5, 5.41) is 6.31. The highest BCUT2D eigenvalue weighted by atomic mass is 127. The number of halogens is 1. The normalized spacial score (nSPS) is 11.5. The van der Waals surface area contributed by atoms with Crippen LogP contribution in [0.15, 0.2) is 58.1 Å². The Kier molecular flexibility index (Phi) is 10.1. The number of carbonyl (C=O) groups excluding carboxylic acids is 1. The molecule has 7 heteroatoms. The number of carbonyl (C=O) groups is 1. The Hall–Kier alpha value is -2.03. The summed E-state index contributed by atoms with van der Waals surface area (Å²) < 4.78 is 5.37. The molecular formula is C21H31IN4O2. The van der Waals surface area contributed by atoms with Crippen molar-refractivity contribution in [2.45, 2.75) is 39.3 Å². The zero-order valence-electron chi connectivity index (χ0n) is 17.1. The minimum Gasteiger partial charge on any atom is -0.469 e. The van der Waals surface area contributed by atoms with Crippen LogP contribution in [0.4, 0.5) is 0 Å². The molecule has 0 bridgehead atoms. The van der Waals surface area contributed by atoms with E-state index in [0.29, 0.717) is 19.0 Å². The van der Waals surface area contributed by atoms with E-state index in [9.17, 15) is 4.79 Å². The van der Waals surface area contributed by atoms with Crippen molar-refractivity contribution in [2.24, 2.45) is 4.99 Å². The first kappa shape index (κ1) is 24.0. The molecule has 0 saturated heterocycles. The third kappa shape index (κ3) is 9.25. The molecule has 0 fully saturated rings. The van der Waals surface area contributed by atoms with Gasteiger partial charge in [-0.25, -0.2) is 4.99 Å². The highest BCUT2D eigenvalue weighted by Gasteiger charge is 2.17. The molecule has 2 aromatic rings. The molecule has 1 aromatic heterocycles. The molecule has 0 aliphatic rings. The van der Waals surface area contributed by atoms with Crippen LogP contribution in [0.2, 0.25) is 0 Å². The molecule has 2 rings (SSSR count). The largest absolute Gasteiger partial charge is 0.469 e. The van der Waals surface area contributed by atoms with E-state index >= 15 is 0 Å². The number of aliphatic imine (C=N–C) groups is 1. The first-order valence-electron chi connectivity index (χ1n) is 9.20. The van der Waals surface area contributed by atoms with Crippen LogP contribution in [0.5, 0.6) is 0 Å². The van der Waals surface area contributed by atoms with Crippen LogP contribution in [0, 0.1) is 0 Å². The van der Waals surface area contributed by atoms with Crippen LogP contribution < -0.4 is 10.6 Å². The Morgan fingerprint density at radius 3 is 2.46 bits per heavy atom. The lowest BCUT2D eigenvalue weighted by atomic mass is 10.1. The van der Waals surface area contributed by atoms with Crippen LogP contribution in [0.25, 0.3) is 0 Å². The van der Waals surface area contributed by atoms with Gasteiger partial charge in [-0.1, -0.05) is 30.3 Å². The number of rotatable bonds is 7. The minimum atomic E-state index is -0.258. The lowest BCUT2D eigenvalue weighted by Crippen LogP contribution is -2.49. The average Bonchev–Trinajstić information content (AvgIpc) is 3.10. The van der Waals surface area contributed by atoms with Crippen molar-refractivity contribution in [3.63, 3.8) is 0 Å². The SMILES string of the molecule is CN(CC(=O)NC(C)(C)C)C(=NCc1ccccc1)NCCc1ccco1.I. The molecule has 0 atom stereocenters. The Morgan fingerprint density at radius 1 is 1.14 bits per heavy atom. The molecule has 0 radical (unpaired) electrons. The molecule has 0 saturated carbocycles. The van der Waals surface area contributed by atoms with Crippen LogP contribution in [0.3, 0.4) is 0 Å². The van der Waals surface area contributed by atoms with Gasteiger partial charge in [0.1, 0.15) is 5.76 Å². The van der Waals surface area contributed by atoms with Crippen molar-refractivity contribution >= 4 is 35.8 Å². The summed E-state index contributed by atoms with van der Waals surface area (Å²) in [4.78, 5) is 18.8. The van der Waals surface area contributed by atoms with Gasteiger partial charge in [0.05, 0.1) is 19.4 Å². The van der Waals surface area contributed by atoms with Crippen molar-refractivity contribution in [3.8, 4) is 0 Å². The van der Waals surface area contributed by atoms with E-state index in [4.69, 9.17) is 4.42 Å². The summed E-state index contributed by atoms with van der Waals surface area (Å²) in [6.45, 7) is 7.37. The number of benzene rings is 1.